The third-order valence-electron chi connectivity index (χ3n) is 6.08. The van der Waals surface area contributed by atoms with Crippen molar-refractivity contribution >= 4 is 56.3 Å². The Balaban J connectivity index is 2.12. The molecule has 41 heavy (non-hydrogen) atoms. The van der Waals surface area contributed by atoms with Crippen molar-refractivity contribution in [2.45, 2.75) is 116 Å². The third-order valence-corrected chi connectivity index (χ3v) is 14.3. The van der Waals surface area contributed by atoms with Crippen molar-refractivity contribution in [1.82, 2.24) is 5.32 Å². The molecule has 0 bridgehead atoms. The molecule has 2 aliphatic rings. The van der Waals surface area contributed by atoms with Crippen LogP contribution in [0, 0.1) is 0 Å². The summed E-state index contributed by atoms with van der Waals surface area (Å²) < 4.78 is 11.8. The maximum atomic E-state index is 13.7. The van der Waals surface area contributed by atoms with Crippen molar-refractivity contribution in [2.24, 2.45) is 0 Å². The van der Waals surface area contributed by atoms with Crippen LogP contribution in [0.2, 0.25) is 8.63 Å². The van der Waals surface area contributed by atoms with E-state index < -0.39 is 0 Å². The zero-order valence-corrected chi connectivity index (χ0v) is 32.6. The fourth-order valence-corrected chi connectivity index (χ4v) is 10.9. The SMILES string of the molecule is CCCNC1=C(C=C2C=C([Se]C(C)(C)C)OC([Se]C(C)(C)C)=C2)C(=O)/C1=C\c1cc(C(C)(C)C)[se+]c(C(C)(C)C)c1. The summed E-state index contributed by atoms with van der Waals surface area (Å²) in [7, 11) is 0. The molecule has 1 aliphatic heterocycles. The van der Waals surface area contributed by atoms with Gasteiger partial charge in [-0.1, -0.05) is 0 Å². The minimum absolute atomic E-state index is 0.104. The van der Waals surface area contributed by atoms with Crippen LogP contribution in [0.4, 0.5) is 0 Å². The van der Waals surface area contributed by atoms with Gasteiger partial charge >= 0.3 is 270 Å². The predicted molar refractivity (Wildman–Crippen MR) is 180 cm³/mol. The van der Waals surface area contributed by atoms with Crippen LogP contribution in [0.25, 0.3) is 6.08 Å². The Bertz CT molecular complexity index is 1260. The summed E-state index contributed by atoms with van der Waals surface area (Å²) in [5.41, 5.74) is 4.95. The number of hydrogen-bond donors (Lipinski definition) is 1. The van der Waals surface area contributed by atoms with Gasteiger partial charge in [-0.15, -0.1) is 0 Å². The first kappa shape index (κ1) is 34.4. The summed E-state index contributed by atoms with van der Waals surface area (Å²) in [6.45, 7) is 30.3. The second kappa shape index (κ2) is 12.9. The van der Waals surface area contributed by atoms with Crippen LogP contribution in [0.5, 0.6) is 0 Å². The van der Waals surface area contributed by atoms with E-state index in [9.17, 15) is 4.79 Å². The molecule has 0 radical (unpaired) electrons. The molecule has 6 heteroatoms. The summed E-state index contributed by atoms with van der Waals surface area (Å²) in [6.07, 6.45) is 9.51. The van der Waals surface area contributed by atoms with Gasteiger partial charge in [-0.25, -0.2) is 0 Å². The van der Waals surface area contributed by atoms with Gasteiger partial charge in [0.25, 0.3) is 0 Å². The van der Waals surface area contributed by atoms with E-state index in [0.717, 1.165) is 50.3 Å². The molecule has 3 rings (SSSR count). The van der Waals surface area contributed by atoms with Gasteiger partial charge in [0, 0.05) is 0 Å². The molecule has 0 saturated heterocycles. The van der Waals surface area contributed by atoms with Gasteiger partial charge in [0.2, 0.25) is 0 Å². The van der Waals surface area contributed by atoms with Crippen molar-refractivity contribution in [3.63, 3.8) is 0 Å². The first-order valence-corrected chi connectivity index (χ1v) is 19.8. The Morgan fingerprint density at radius 3 is 1.71 bits per heavy atom. The Morgan fingerprint density at radius 1 is 0.805 bits per heavy atom. The van der Waals surface area contributed by atoms with Gasteiger partial charge in [0.05, 0.1) is 0 Å². The molecule has 1 aromatic heterocycles. The van der Waals surface area contributed by atoms with Gasteiger partial charge in [0.15, 0.2) is 0 Å². The van der Waals surface area contributed by atoms with E-state index in [1.807, 2.05) is 0 Å². The molecule has 3 nitrogen and oxygen atoms in total. The van der Waals surface area contributed by atoms with Crippen molar-refractivity contribution < 1.29 is 9.53 Å². The standard InChI is InChI=1S/C35H49NO2Se3/c1-14-15-36-30-24(16-22-18-26(32(2,3)4)39-27(19-22)33(5,6)7)31(37)25(30)17-23-20-28(40-34(8,9)10)38-29(21-23)41-35(11,12)13/h16-21H,14-15H2,1-13H3/p+1/b24-16-. The molecular weight excluding hydrogens is 703 g/mol. The van der Waals surface area contributed by atoms with Gasteiger partial charge in [-0.2, -0.15) is 0 Å². The van der Waals surface area contributed by atoms with E-state index in [0.29, 0.717) is 14.5 Å². The number of hydrogen-bond acceptors (Lipinski definition) is 3. The van der Waals surface area contributed by atoms with Crippen molar-refractivity contribution in [2.75, 3.05) is 6.54 Å². The fraction of sp³-hybridized carbons (Fsp3) is 0.543. The van der Waals surface area contributed by atoms with Gasteiger partial charge in [-0.05, 0) is 0 Å². The summed E-state index contributed by atoms with van der Waals surface area (Å²) in [5.74, 6) is 0.121. The Labute approximate surface area is 268 Å². The number of allylic oxidation sites excluding steroid dienone is 6. The van der Waals surface area contributed by atoms with E-state index in [2.05, 4.69) is 132 Å². The van der Waals surface area contributed by atoms with E-state index in [1.54, 1.807) is 0 Å². The van der Waals surface area contributed by atoms with Crippen LogP contribution in [-0.2, 0) is 20.4 Å². The number of carbonyl (C=O) groups excluding carboxylic acids is 1. The molecule has 0 atom stereocenters. The number of ether oxygens (including phenoxy) is 1. The predicted octanol–water partition coefficient (Wildman–Crippen LogP) is 8.32. The summed E-state index contributed by atoms with van der Waals surface area (Å²) in [4.78, 5) is 13.7. The van der Waals surface area contributed by atoms with Crippen LogP contribution in [0.1, 0.15) is 111 Å². The molecule has 0 amide bonds. The number of Topliss-reactive ketones (excluding diaryl/α,β-unsaturated/α-hetero) is 1. The number of nitrogens with one attached hydrogen (secondary N) is 1. The van der Waals surface area contributed by atoms with Crippen LogP contribution >= 0.6 is 0 Å². The number of ketones is 1. The van der Waals surface area contributed by atoms with Crippen LogP contribution in [-0.4, -0.2) is 56.7 Å². The number of carbonyl (C=O) groups is 1. The quantitative estimate of drug-likeness (QED) is 0.225. The molecule has 2 heterocycles. The molecule has 0 unspecified atom stereocenters. The zero-order chi connectivity index (χ0) is 31.0. The van der Waals surface area contributed by atoms with Crippen LogP contribution in [0.15, 0.2) is 62.1 Å². The molecule has 0 spiro atoms. The molecule has 0 aromatic carbocycles. The normalized spacial score (nSPS) is 17.7. The van der Waals surface area contributed by atoms with E-state index >= 15 is 0 Å². The van der Waals surface area contributed by atoms with Gasteiger partial charge in [-0.3, -0.25) is 0 Å². The average molecular weight is 754 g/mol. The second-order valence-corrected chi connectivity index (χ2v) is 24.8. The van der Waals surface area contributed by atoms with Crippen molar-refractivity contribution in [1.29, 1.82) is 0 Å². The van der Waals surface area contributed by atoms with Gasteiger partial charge < -0.3 is 0 Å². The fourth-order valence-electron chi connectivity index (χ4n) is 4.11. The zero-order valence-electron chi connectivity index (χ0n) is 27.4. The second-order valence-electron chi connectivity index (χ2n) is 14.8. The molecule has 1 aromatic rings. The Kier molecular flexibility index (Phi) is 10.8. The van der Waals surface area contributed by atoms with Crippen molar-refractivity contribution in [3.8, 4) is 0 Å². The third kappa shape index (κ3) is 9.96. The summed E-state index contributed by atoms with van der Waals surface area (Å²) in [6, 6.07) is 4.66. The topological polar surface area (TPSA) is 38.3 Å². The first-order valence-electron chi connectivity index (χ1n) is 14.6. The van der Waals surface area contributed by atoms with Crippen LogP contribution in [0.3, 0.4) is 0 Å². The molecule has 1 aliphatic carbocycles. The monoisotopic (exact) mass is 756 g/mol. The maximum absolute atomic E-state index is 13.7. The van der Waals surface area contributed by atoms with E-state index in [4.69, 9.17) is 4.74 Å². The summed E-state index contributed by atoms with van der Waals surface area (Å²) in [5, 5.41) is 3.59. The molecular formula is C35H50NO2Se3+. The molecule has 0 fully saturated rings. The Morgan fingerprint density at radius 2 is 1.29 bits per heavy atom. The molecule has 1 N–H and O–H groups in total. The minimum atomic E-state index is 0.104. The van der Waals surface area contributed by atoms with E-state index in [-0.39, 0.29) is 55.2 Å². The van der Waals surface area contributed by atoms with Crippen LogP contribution < -0.4 is 5.32 Å². The molecule has 224 valence electrons. The summed E-state index contributed by atoms with van der Waals surface area (Å²) >= 11 is 0.704. The molecule has 0 saturated carbocycles. The average Bonchev–Trinajstić information content (AvgIpc) is 2.78. The van der Waals surface area contributed by atoms with Crippen molar-refractivity contribution in [3.05, 3.63) is 76.5 Å². The number of rotatable bonds is 7. The first-order chi connectivity index (χ1) is 18.7. The van der Waals surface area contributed by atoms with Gasteiger partial charge in [0.1, 0.15) is 0 Å². The van der Waals surface area contributed by atoms with E-state index in [1.165, 1.54) is 8.87 Å². The Hall–Kier alpha value is -1.12.